The Morgan fingerprint density at radius 1 is 1.32 bits per heavy atom. The molecule has 0 saturated carbocycles. The van der Waals surface area contributed by atoms with E-state index in [0.29, 0.717) is 41.1 Å². The highest BCUT2D eigenvalue weighted by Gasteiger charge is 2.13. The van der Waals surface area contributed by atoms with E-state index >= 15 is 0 Å². The number of nitrogens with zero attached hydrogens (tertiary/aromatic N) is 3. The van der Waals surface area contributed by atoms with Gasteiger partial charge in [-0.3, -0.25) is 9.89 Å². The first kappa shape index (κ1) is 17.2. The topological polar surface area (TPSA) is 96.7 Å². The predicted octanol–water partition coefficient (Wildman–Crippen LogP) is 3.21. The van der Waals surface area contributed by atoms with Crippen LogP contribution in [-0.2, 0) is 6.42 Å². The molecule has 0 saturated heterocycles. The number of aromatic amines is 1. The summed E-state index contributed by atoms with van der Waals surface area (Å²) in [6.07, 6.45) is 0.476. The smallest absolute Gasteiger partial charge is 0.269 e. The van der Waals surface area contributed by atoms with E-state index in [1.54, 1.807) is 18.2 Å². The molecule has 0 spiro atoms. The van der Waals surface area contributed by atoms with Gasteiger partial charge in [0.15, 0.2) is 5.82 Å². The lowest BCUT2D eigenvalue weighted by Crippen LogP contribution is -2.26. The van der Waals surface area contributed by atoms with E-state index in [1.807, 2.05) is 26.0 Å². The lowest BCUT2D eigenvalue weighted by atomic mass is 10.1. The van der Waals surface area contributed by atoms with Crippen LogP contribution in [0.2, 0.25) is 5.02 Å². The Hall–Kier alpha value is -2.67. The lowest BCUT2D eigenvalue weighted by molar-refractivity contribution is 0.0948. The van der Waals surface area contributed by atoms with E-state index in [0.717, 1.165) is 5.56 Å². The fourth-order valence-corrected chi connectivity index (χ4v) is 2.31. The second-order valence-electron chi connectivity index (χ2n) is 5.88. The molecular weight excluding hydrogens is 342 g/mol. The lowest BCUT2D eigenvalue weighted by Gasteiger charge is -2.00. The molecule has 0 atom stereocenters. The van der Waals surface area contributed by atoms with E-state index < -0.39 is 0 Å². The number of halogens is 1. The van der Waals surface area contributed by atoms with Crippen molar-refractivity contribution in [2.24, 2.45) is 0 Å². The minimum absolute atomic E-state index is 0.211. The molecule has 3 rings (SSSR count). The van der Waals surface area contributed by atoms with Gasteiger partial charge in [0.2, 0.25) is 5.89 Å². The summed E-state index contributed by atoms with van der Waals surface area (Å²) in [4.78, 5) is 16.4. The average Bonchev–Trinajstić information content (AvgIpc) is 3.25. The van der Waals surface area contributed by atoms with Crippen molar-refractivity contribution in [3.8, 4) is 11.3 Å². The Kier molecular flexibility index (Phi) is 5.14. The van der Waals surface area contributed by atoms with Gasteiger partial charge in [0.05, 0.1) is 5.69 Å². The van der Waals surface area contributed by atoms with Gasteiger partial charge in [0.25, 0.3) is 5.91 Å². The number of carbonyl (C=O) groups excluding carboxylic acids is 1. The fraction of sp³-hybridized carbons (Fsp3) is 0.294. The maximum Gasteiger partial charge on any atom is 0.269 e. The van der Waals surface area contributed by atoms with Gasteiger partial charge in [-0.1, -0.05) is 42.7 Å². The number of amides is 1. The summed E-state index contributed by atoms with van der Waals surface area (Å²) in [5.41, 5.74) is 1.95. The highest BCUT2D eigenvalue weighted by molar-refractivity contribution is 6.30. The molecule has 3 aromatic rings. The normalized spacial score (nSPS) is 11.0. The molecular formula is C17H18ClN5O2. The van der Waals surface area contributed by atoms with Crippen LogP contribution in [0.25, 0.3) is 11.3 Å². The van der Waals surface area contributed by atoms with E-state index in [4.69, 9.17) is 16.1 Å². The summed E-state index contributed by atoms with van der Waals surface area (Å²) in [7, 11) is 0. The van der Waals surface area contributed by atoms with Crippen LogP contribution in [0, 0.1) is 0 Å². The Morgan fingerprint density at radius 2 is 2.08 bits per heavy atom. The third-order valence-corrected chi connectivity index (χ3v) is 3.84. The third kappa shape index (κ3) is 4.24. The first-order valence-corrected chi connectivity index (χ1v) is 8.33. The SMILES string of the molecule is CC(C)c1noc(CCNC(=O)c2cc(-c3ccc(Cl)cc3)n[nH]2)n1. The Bertz CT molecular complexity index is 854. The second-order valence-corrected chi connectivity index (χ2v) is 6.32. The number of nitrogens with one attached hydrogen (secondary N) is 2. The fourth-order valence-electron chi connectivity index (χ4n) is 2.19. The first-order valence-electron chi connectivity index (χ1n) is 7.95. The molecule has 2 aromatic heterocycles. The van der Waals surface area contributed by atoms with Crippen LogP contribution in [0.5, 0.6) is 0 Å². The van der Waals surface area contributed by atoms with Crippen LogP contribution < -0.4 is 5.32 Å². The van der Waals surface area contributed by atoms with Crippen molar-refractivity contribution in [2.45, 2.75) is 26.2 Å². The van der Waals surface area contributed by atoms with Gasteiger partial charge in [-0.2, -0.15) is 10.1 Å². The van der Waals surface area contributed by atoms with Crippen molar-refractivity contribution < 1.29 is 9.32 Å². The quantitative estimate of drug-likeness (QED) is 0.704. The molecule has 0 fully saturated rings. The molecule has 0 aliphatic heterocycles. The Morgan fingerprint density at radius 3 is 2.76 bits per heavy atom. The molecule has 0 bridgehead atoms. The molecule has 0 unspecified atom stereocenters. The van der Waals surface area contributed by atoms with Gasteiger partial charge in [-0.05, 0) is 18.2 Å². The molecule has 8 heteroatoms. The summed E-state index contributed by atoms with van der Waals surface area (Å²) in [5, 5.41) is 14.2. The zero-order valence-electron chi connectivity index (χ0n) is 13.9. The van der Waals surface area contributed by atoms with Crippen molar-refractivity contribution >= 4 is 17.5 Å². The van der Waals surface area contributed by atoms with Gasteiger partial charge in [-0.25, -0.2) is 0 Å². The minimum Gasteiger partial charge on any atom is -0.350 e. The van der Waals surface area contributed by atoms with E-state index in [1.165, 1.54) is 0 Å². The van der Waals surface area contributed by atoms with Crippen LogP contribution in [0.15, 0.2) is 34.9 Å². The average molecular weight is 360 g/mol. The standard InChI is InChI=1S/C17H18ClN5O2/c1-10(2)16-20-15(25-23-16)7-8-19-17(24)14-9-13(21-22-14)11-3-5-12(18)6-4-11/h3-6,9-10H,7-8H2,1-2H3,(H,19,24)(H,21,22). The predicted molar refractivity (Wildman–Crippen MR) is 93.5 cm³/mol. The highest BCUT2D eigenvalue weighted by atomic mass is 35.5. The van der Waals surface area contributed by atoms with Gasteiger partial charge in [0, 0.05) is 29.5 Å². The van der Waals surface area contributed by atoms with Crippen molar-refractivity contribution in [3.63, 3.8) is 0 Å². The van der Waals surface area contributed by atoms with E-state index in [9.17, 15) is 4.79 Å². The number of hydrogen-bond acceptors (Lipinski definition) is 5. The van der Waals surface area contributed by atoms with Crippen molar-refractivity contribution in [2.75, 3.05) is 6.54 Å². The molecule has 0 aliphatic carbocycles. The Balaban J connectivity index is 1.55. The van der Waals surface area contributed by atoms with Gasteiger partial charge in [-0.15, -0.1) is 0 Å². The maximum absolute atomic E-state index is 12.2. The summed E-state index contributed by atoms with van der Waals surface area (Å²) < 4.78 is 5.14. The van der Waals surface area contributed by atoms with Crippen LogP contribution in [0.3, 0.4) is 0 Å². The van der Waals surface area contributed by atoms with Gasteiger partial charge < -0.3 is 9.84 Å². The zero-order valence-corrected chi connectivity index (χ0v) is 14.7. The monoisotopic (exact) mass is 359 g/mol. The molecule has 2 N–H and O–H groups in total. The first-order chi connectivity index (χ1) is 12.0. The van der Waals surface area contributed by atoms with E-state index in [2.05, 4.69) is 25.7 Å². The van der Waals surface area contributed by atoms with Gasteiger partial charge in [0.1, 0.15) is 5.69 Å². The van der Waals surface area contributed by atoms with Crippen molar-refractivity contribution in [3.05, 3.63) is 52.8 Å². The molecule has 0 radical (unpaired) electrons. The number of hydrogen-bond donors (Lipinski definition) is 2. The van der Waals surface area contributed by atoms with Crippen LogP contribution in [0.4, 0.5) is 0 Å². The zero-order chi connectivity index (χ0) is 17.8. The number of aromatic nitrogens is 4. The minimum atomic E-state index is -0.240. The molecule has 25 heavy (non-hydrogen) atoms. The number of rotatable bonds is 6. The molecule has 7 nitrogen and oxygen atoms in total. The molecule has 2 heterocycles. The largest absolute Gasteiger partial charge is 0.350 e. The third-order valence-electron chi connectivity index (χ3n) is 3.59. The number of carbonyl (C=O) groups is 1. The summed E-state index contributed by atoms with van der Waals surface area (Å²) in [6.45, 7) is 4.38. The summed E-state index contributed by atoms with van der Waals surface area (Å²) in [5.74, 6) is 1.15. The molecule has 1 aromatic carbocycles. The van der Waals surface area contributed by atoms with Crippen molar-refractivity contribution in [1.82, 2.24) is 25.7 Å². The summed E-state index contributed by atoms with van der Waals surface area (Å²) in [6, 6.07) is 8.95. The molecule has 130 valence electrons. The summed E-state index contributed by atoms with van der Waals surface area (Å²) >= 11 is 5.87. The van der Waals surface area contributed by atoms with Crippen LogP contribution in [-0.4, -0.2) is 32.8 Å². The van der Waals surface area contributed by atoms with E-state index in [-0.39, 0.29) is 11.8 Å². The molecule has 1 amide bonds. The molecule has 0 aliphatic rings. The Labute approximate surface area is 149 Å². The van der Waals surface area contributed by atoms with Crippen molar-refractivity contribution in [1.29, 1.82) is 0 Å². The highest BCUT2D eigenvalue weighted by Crippen LogP contribution is 2.20. The van der Waals surface area contributed by atoms with Crippen LogP contribution in [0.1, 0.15) is 42.0 Å². The maximum atomic E-state index is 12.2. The van der Waals surface area contributed by atoms with Gasteiger partial charge >= 0.3 is 0 Å². The van der Waals surface area contributed by atoms with Crippen LogP contribution >= 0.6 is 11.6 Å². The number of benzene rings is 1. The number of H-pyrrole nitrogens is 1. The second kappa shape index (κ2) is 7.48.